The first-order chi connectivity index (χ1) is 19.0. The average molecular weight is 565 g/mol. The van der Waals surface area contributed by atoms with Crippen LogP contribution in [0.2, 0.25) is 0 Å². The molecular weight excluding hydrogens is 508 g/mol. The first kappa shape index (κ1) is 34.3. The quantitative estimate of drug-likeness (QED) is 0.133. The molecule has 0 spiro atoms. The second kappa shape index (κ2) is 17.1. The molecule has 0 aromatic carbocycles. The number of nitrogens with one attached hydrogen (secondary N) is 2. The van der Waals surface area contributed by atoms with E-state index in [9.17, 15) is 14.4 Å². The van der Waals surface area contributed by atoms with Crippen LogP contribution in [0.15, 0.2) is 11.6 Å². The summed E-state index contributed by atoms with van der Waals surface area (Å²) in [5.41, 5.74) is 0.388. The largest absolute Gasteiger partial charge is 0.460 e. The van der Waals surface area contributed by atoms with Gasteiger partial charge in [0.05, 0.1) is 19.1 Å². The molecule has 3 atom stereocenters. The van der Waals surface area contributed by atoms with Crippen LogP contribution in [0, 0.1) is 5.41 Å². The highest BCUT2D eigenvalue weighted by atomic mass is 16.7. The Balaban J connectivity index is 1.88. The van der Waals surface area contributed by atoms with E-state index < -0.39 is 17.3 Å². The molecule has 0 aromatic rings. The van der Waals surface area contributed by atoms with E-state index in [0.29, 0.717) is 6.61 Å². The van der Waals surface area contributed by atoms with Gasteiger partial charge in [0.25, 0.3) is 0 Å². The molecule has 2 rings (SSSR count). The highest BCUT2D eigenvalue weighted by molar-refractivity contribution is 5.93. The zero-order valence-corrected chi connectivity index (χ0v) is 26.1. The van der Waals surface area contributed by atoms with E-state index in [2.05, 4.69) is 30.6 Å². The lowest BCUT2D eigenvalue weighted by Crippen LogP contribution is -2.56. The number of hydrogen-bond donors (Lipinski definition) is 2. The molecule has 1 aliphatic carbocycles. The Bertz CT molecular complexity index is 837. The summed E-state index contributed by atoms with van der Waals surface area (Å²) in [6, 6.07) is -0.187. The summed E-state index contributed by atoms with van der Waals surface area (Å²) in [6.45, 7) is 12.4. The maximum absolute atomic E-state index is 13.3. The predicted molar refractivity (Wildman–Crippen MR) is 158 cm³/mol. The van der Waals surface area contributed by atoms with E-state index in [1.165, 1.54) is 19.3 Å². The van der Waals surface area contributed by atoms with Gasteiger partial charge in [-0.15, -0.1) is 0 Å². The number of hydrogen-bond acceptors (Lipinski definition) is 6. The highest BCUT2D eigenvalue weighted by Crippen LogP contribution is 2.34. The van der Waals surface area contributed by atoms with Crippen molar-refractivity contribution in [2.24, 2.45) is 5.41 Å². The van der Waals surface area contributed by atoms with Crippen LogP contribution in [0.1, 0.15) is 131 Å². The first-order valence-corrected chi connectivity index (χ1v) is 15.8. The summed E-state index contributed by atoms with van der Waals surface area (Å²) in [5, 5.41) is 6.04. The van der Waals surface area contributed by atoms with Gasteiger partial charge >= 0.3 is 5.97 Å². The Labute approximate surface area is 242 Å². The smallest absolute Gasteiger partial charge is 0.307 e. The van der Waals surface area contributed by atoms with Crippen molar-refractivity contribution in [3.05, 3.63) is 11.6 Å². The van der Waals surface area contributed by atoms with Crippen LogP contribution in [-0.4, -0.2) is 55.0 Å². The molecule has 0 bridgehead atoms. The Morgan fingerprint density at radius 1 is 0.925 bits per heavy atom. The molecule has 2 aliphatic rings. The average Bonchev–Trinajstić information content (AvgIpc) is 2.90. The van der Waals surface area contributed by atoms with Gasteiger partial charge in [0.15, 0.2) is 5.79 Å². The second-order valence-corrected chi connectivity index (χ2v) is 12.6. The van der Waals surface area contributed by atoms with E-state index in [0.717, 1.165) is 69.8 Å². The lowest BCUT2D eigenvalue weighted by molar-refractivity contribution is -0.304. The first-order valence-electron chi connectivity index (χ1n) is 15.8. The summed E-state index contributed by atoms with van der Waals surface area (Å²) in [4.78, 5) is 38.8. The lowest BCUT2D eigenvalue weighted by atomic mass is 9.85. The second-order valence-electron chi connectivity index (χ2n) is 12.6. The molecule has 8 nitrogen and oxygen atoms in total. The fraction of sp³-hybridized carbons (Fsp3) is 0.844. The molecule has 2 fully saturated rings. The fourth-order valence-electron chi connectivity index (χ4n) is 5.31. The molecule has 0 aromatic heterocycles. The van der Waals surface area contributed by atoms with Crippen molar-refractivity contribution in [3.63, 3.8) is 0 Å². The van der Waals surface area contributed by atoms with E-state index in [-0.39, 0.29) is 42.9 Å². The number of amides is 2. The third-order valence-corrected chi connectivity index (χ3v) is 7.86. The number of carbonyl (C=O) groups is 3. The zero-order chi connectivity index (χ0) is 29.6. The highest BCUT2D eigenvalue weighted by Gasteiger charge is 2.45. The van der Waals surface area contributed by atoms with Crippen molar-refractivity contribution in [1.29, 1.82) is 0 Å². The molecule has 1 heterocycles. The molecule has 2 amide bonds. The Morgan fingerprint density at radius 3 is 2.35 bits per heavy atom. The number of ether oxygens (including phenoxy) is 3. The molecule has 230 valence electrons. The Morgan fingerprint density at radius 2 is 1.62 bits per heavy atom. The van der Waals surface area contributed by atoms with E-state index in [1.807, 2.05) is 13.8 Å². The van der Waals surface area contributed by atoms with Gasteiger partial charge in [0.2, 0.25) is 11.8 Å². The van der Waals surface area contributed by atoms with Crippen LogP contribution in [0.5, 0.6) is 0 Å². The van der Waals surface area contributed by atoms with Gasteiger partial charge in [0, 0.05) is 17.5 Å². The molecule has 1 unspecified atom stereocenters. The molecular formula is C32H56N2O6. The normalized spacial score (nSPS) is 24.2. The summed E-state index contributed by atoms with van der Waals surface area (Å²) in [6.07, 6.45) is 14.3. The number of allylic oxidation sites excluding steroid dienone is 1. The van der Waals surface area contributed by atoms with Gasteiger partial charge in [-0.1, -0.05) is 72.3 Å². The Kier molecular flexibility index (Phi) is 14.7. The van der Waals surface area contributed by atoms with Crippen molar-refractivity contribution in [2.75, 3.05) is 13.2 Å². The van der Waals surface area contributed by atoms with Crippen molar-refractivity contribution in [2.45, 2.75) is 155 Å². The Hall–Kier alpha value is -1.93. The van der Waals surface area contributed by atoms with Crippen LogP contribution in [0.3, 0.4) is 0 Å². The topological polar surface area (TPSA) is 103 Å². The summed E-state index contributed by atoms with van der Waals surface area (Å²) >= 11 is 0. The minimum absolute atomic E-state index is 0.0183. The van der Waals surface area contributed by atoms with E-state index >= 15 is 0 Å². The van der Waals surface area contributed by atoms with Crippen molar-refractivity contribution in [1.82, 2.24) is 10.6 Å². The maximum atomic E-state index is 13.3. The third-order valence-electron chi connectivity index (χ3n) is 7.86. The third kappa shape index (κ3) is 11.9. The lowest BCUT2D eigenvalue weighted by Gasteiger charge is -2.44. The van der Waals surface area contributed by atoms with Gasteiger partial charge < -0.3 is 24.8 Å². The molecule has 40 heavy (non-hydrogen) atoms. The molecule has 2 N–H and O–H groups in total. The summed E-state index contributed by atoms with van der Waals surface area (Å²) in [7, 11) is 0. The molecule has 1 saturated carbocycles. The maximum Gasteiger partial charge on any atom is 0.307 e. The number of rotatable bonds is 16. The standard InChI is InChI=1S/C32H56N2O6/c1-7-9-11-13-17-24(18-14-12-10-8-2)29(36)34-25-19-15-16-20-26(25)39-27(35)21-22-33-30(37)28-31(3,4)23-38-32(5,6)40-28/h17,25-26,28H,7-16,18-23H2,1-6H3,(H,33,37)(H,34,36)/t25-,26-,28?/m0/s1. The number of esters is 1. The number of carbonyl (C=O) groups excluding carboxylic acids is 3. The van der Waals surface area contributed by atoms with Crippen LogP contribution >= 0.6 is 0 Å². The zero-order valence-electron chi connectivity index (χ0n) is 26.1. The van der Waals surface area contributed by atoms with Gasteiger partial charge in [-0.3, -0.25) is 14.4 Å². The minimum atomic E-state index is -0.836. The van der Waals surface area contributed by atoms with Crippen molar-refractivity contribution in [3.8, 4) is 0 Å². The van der Waals surface area contributed by atoms with Gasteiger partial charge in [-0.05, 0) is 58.8 Å². The fourth-order valence-corrected chi connectivity index (χ4v) is 5.31. The summed E-state index contributed by atoms with van der Waals surface area (Å²) < 4.78 is 17.4. The predicted octanol–water partition coefficient (Wildman–Crippen LogP) is 6.12. The van der Waals surface area contributed by atoms with Crippen LogP contribution in [0.25, 0.3) is 0 Å². The summed E-state index contributed by atoms with van der Waals surface area (Å²) in [5.74, 6) is -1.48. The molecule has 0 radical (unpaired) electrons. The minimum Gasteiger partial charge on any atom is -0.460 e. The van der Waals surface area contributed by atoms with Crippen LogP contribution < -0.4 is 10.6 Å². The molecule has 8 heteroatoms. The van der Waals surface area contributed by atoms with E-state index in [4.69, 9.17) is 14.2 Å². The monoisotopic (exact) mass is 564 g/mol. The molecule has 1 saturated heterocycles. The number of unbranched alkanes of at least 4 members (excludes halogenated alkanes) is 6. The van der Waals surface area contributed by atoms with Crippen molar-refractivity contribution >= 4 is 17.8 Å². The SMILES string of the molecule is CCCCCC=C(CCCCCC)C(=O)N[C@H]1CCCC[C@@H]1OC(=O)CCNC(=O)C1OC(C)(C)OCC1(C)C. The van der Waals surface area contributed by atoms with Crippen LogP contribution in [0.4, 0.5) is 0 Å². The van der Waals surface area contributed by atoms with Gasteiger partial charge in [0.1, 0.15) is 12.2 Å². The van der Waals surface area contributed by atoms with Gasteiger partial charge in [-0.2, -0.15) is 0 Å². The van der Waals surface area contributed by atoms with Crippen molar-refractivity contribution < 1.29 is 28.6 Å². The van der Waals surface area contributed by atoms with E-state index in [1.54, 1.807) is 13.8 Å². The molecule has 1 aliphatic heterocycles. The van der Waals surface area contributed by atoms with Crippen LogP contribution in [-0.2, 0) is 28.6 Å². The van der Waals surface area contributed by atoms with Gasteiger partial charge in [-0.25, -0.2) is 0 Å².